The Labute approximate surface area is 162 Å². The Hall–Kier alpha value is -2.96. The number of carbonyl (C=O) groups excluding carboxylic acids is 1. The molecule has 0 saturated carbocycles. The molecule has 144 valence electrons. The number of aromatic nitrogens is 1. The van der Waals surface area contributed by atoms with Crippen molar-refractivity contribution in [2.75, 3.05) is 33.4 Å². The van der Waals surface area contributed by atoms with E-state index in [0.29, 0.717) is 37.3 Å². The zero-order chi connectivity index (χ0) is 19.5. The number of pyridine rings is 1. The second kappa shape index (κ2) is 7.96. The van der Waals surface area contributed by atoms with Gasteiger partial charge < -0.3 is 19.4 Å². The second-order valence-corrected chi connectivity index (χ2v) is 6.94. The van der Waals surface area contributed by atoms with E-state index < -0.39 is 0 Å². The molecule has 1 N–H and O–H groups in total. The number of fused-ring (bicyclic) bond motifs is 1. The first-order valence-electron chi connectivity index (χ1n) is 9.28. The van der Waals surface area contributed by atoms with Crippen LogP contribution in [0, 0.1) is 0 Å². The van der Waals surface area contributed by atoms with E-state index in [4.69, 9.17) is 9.47 Å². The summed E-state index contributed by atoms with van der Waals surface area (Å²) in [6.07, 6.45) is 1.57. The van der Waals surface area contributed by atoms with E-state index in [-0.39, 0.29) is 17.6 Å². The summed E-state index contributed by atoms with van der Waals surface area (Å²) in [4.78, 5) is 28.9. The predicted molar refractivity (Wildman–Crippen MR) is 108 cm³/mol. The number of aromatic amines is 1. The van der Waals surface area contributed by atoms with Crippen molar-refractivity contribution in [2.45, 2.75) is 6.10 Å². The van der Waals surface area contributed by atoms with Crippen molar-refractivity contribution in [3.05, 3.63) is 70.6 Å². The summed E-state index contributed by atoms with van der Waals surface area (Å²) in [5.74, 6) is -0.0502. The van der Waals surface area contributed by atoms with Gasteiger partial charge in [-0.25, -0.2) is 0 Å². The highest BCUT2D eigenvalue weighted by molar-refractivity contribution is 5.95. The maximum atomic E-state index is 12.7. The van der Waals surface area contributed by atoms with Crippen molar-refractivity contribution in [1.82, 2.24) is 9.88 Å². The summed E-state index contributed by atoms with van der Waals surface area (Å²) in [5.41, 5.74) is 2.52. The predicted octanol–water partition coefficient (Wildman–Crippen LogP) is 2.68. The van der Waals surface area contributed by atoms with Gasteiger partial charge in [0.2, 0.25) is 0 Å². The molecule has 6 nitrogen and oxygen atoms in total. The molecule has 2 aromatic carbocycles. The van der Waals surface area contributed by atoms with Crippen molar-refractivity contribution < 1.29 is 14.3 Å². The fraction of sp³-hybridized carbons (Fsp3) is 0.273. The molecule has 2 heterocycles. The van der Waals surface area contributed by atoms with Gasteiger partial charge in [0.25, 0.3) is 11.5 Å². The molecular formula is C22H22N2O4. The minimum Gasteiger partial charge on any atom is -0.376 e. The molecule has 0 unspecified atom stereocenters. The van der Waals surface area contributed by atoms with Gasteiger partial charge in [-0.3, -0.25) is 9.59 Å². The zero-order valence-electron chi connectivity index (χ0n) is 15.7. The van der Waals surface area contributed by atoms with Gasteiger partial charge in [0, 0.05) is 30.7 Å². The number of nitrogens with one attached hydrogen (secondary N) is 1. The van der Waals surface area contributed by atoms with Crippen LogP contribution in [0.3, 0.4) is 0 Å². The maximum Gasteiger partial charge on any atom is 0.255 e. The Balaban J connectivity index is 1.50. The Morgan fingerprint density at radius 3 is 2.64 bits per heavy atom. The molecule has 0 bridgehead atoms. The largest absolute Gasteiger partial charge is 0.376 e. The van der Waals surface area contributed by atoms with E-state index in [1.54, 1.807) is 18.1 Å². The van der Waals surface area contributed by atoms with Crippen LogP contribution < -0.4 is 5.56 Å². The lowest BCUT2D eigenvalue weighted by molar-refractivity contribution is -0.0933. The molecule has 0 radical (unpaired) electrons. The standard InChI is InChI=1S/C22H22N2O4/c1-24(13-19-14-27-10-11-28-19)22(26)16-4-2-15(3-5-16)17-6-7-20-18(12-17)8-9-23-21(20)25/h2-9,12,19H,10-11,13-14H2,1H3,(H,23,25)/t19-/m1/s1. The number of nitrogens with zero attached hydrogens (tertiary/aromatic N) is 1. The third-order valence-electron chi connectivity index (χ3n) is 4.95. The molecular weight excluding hydrogens is 356 g/mol. The topological polar surface area (TPSA) is 71.6 Å². The average Bonchev–Trinajstić information content (AvgIpc) is 2.74. The zero-order valence-corrected chi connectivity index (χ0v) is 15.7. The van der Waals surface area contributed by atoms with Crippen LogP contribution in [0.2, 0.25) is 0 Å². The first-order valence-corrected chi connectivity index (χ1v) is 9.28. The summed E-state index contributed by atoms with van der Waals surface area (Å²) in [6, 6.07) is 15.1. The van der Waals surface area contributed by atoms with Crippen molar-refractivity contribution in [3.8, 4) is 11.1 Å². The summed E-state index contributed by atoms with van der Waals surface area (Å²) < 4.78 is 11.0. The van der Waals surface area contributed by atoms with Gasteiger partial charge in [-0.05, 0) is 46.8 Å². The van der Waals surface area contributed by atoms with E-state index in [1.165, 1.54) is 0 Å². The van der Waals surface area contributed by atoms with Crippen LogP contribution in [0.4, 0.5) is 0 Å². The van der Waals surface area contributed by atoms with Gasteiger partial charge in [-0.2, -0.15) is 0 Å². The van der Waals surface area contributed by atoms with Crippen LogP contribution in [0.5, 0.6) is 0 Å². The van der Waals surface area contributed by atoms with Crippen LogP contribution in [0.15, 0.2) is 59.5 Å². The summed E-state index contributed by atoms with van der Waals surface area (Å²) in [5, 5.41) is 1.55. The normalized spacial score (nSPS) is 16.8. The second-order valence-electron chi connectivity index (χ2n) is 6.94. The highest BCUT2D eigenvalue weighted by Crippen LogP contribution is 2.23. The molecule has 1 saturated heterocycles. The molecule has 3 aromatic rings. The number of ether oxygens (including phenoxy) is 2. The maximum absolute atomic E-state index is 12.7. The number of H-pyrrole nitrogens is 1. The number of hydrogen-bond donors (Lipinski definition) is 1. The Morgan fingerprint density at radius 1 is 1.11 bits per heavy atom. The third-order valence-corrected chi connectivity index (χ3v) is 4.95. The van der Waals surface area contributed by atoms with Crippen molar-refractivity contribution >= 4 is 16.7 Å². The van der Waals surface area contributed by atoms with Gasteiger partial charge in [0.05, 0.1) is 25.9 Å². The molecule has 1 aliphatic rings. The summed E-state index contributed by atoms with van der Waals surface area (Å²) in [7, 11) is 1.77. The van der Waals surface area contributed by atoms with E-state index in [1.807, 2.05) is 48.5 Å². The Bertz CT molecular complexity index is 1040. The SMILES string of the molecule is CN(C[C@@H]1COCCO1)C(=O)c1ccc(-c2ccc3c(=O)[nH]ccc3c2)cc1. The molecule has 1 aliphatic heterocycles. The number of hydrogen-bond acceptors (Lipinski definition) is 4. The number of carbonyl (C=O) groups is 1. The molecule has 0 spiro atoms. The average molecular weight is 378 g/mol. The van der Waals surface area contributed by atoms with Gasteiger partial charge >= 0.3 is 0 Å². The van der Waals surface area contributed by atoms with Gasteiger partial charge in [-0.15, -0.1) is 0 Å². The van der Waals surface area contributed by atoms with Crippen LogP contribution in [-0.4, -0.2) is 55.3 Å². The highest BCUT2D eigenvalue weighted by atomic mass is 16.6. The minimum atomic E-state index is -0.0969. The molecule has 1 aromatic heterocycles. The van der Waals surface area contributed by atoms with Crippen LogP contribution in [0.1, 0.15) is 10.4 Å². The lowest BCUT2D eigenvalue weighted by atomic mass is 10.0. The fourth-order valence-corrected chi connectivity index (χ4v) is 3.43. The first kappa shape index (κ1) is 18.4. The number of rotatable bonds is 4. The minimum absolute atomic E-state index is 0.0502. The monoisotopic (exact) mass is 378 g/mol. The molecule has 4 rings (SSSR count). The van der Waals surface area contributed by atoms with Crippen molar-refractivity contribution in [2.24, 2.45) is 0 Å². The molecule has 1 amide bonds. The summed E-state index contributed by atoms with van der Waals surface area (Å²) in [6.45, 7) is 2.19. The molecule has 0 aliphatic carbocycles. The number of amides is 1. The van der Waals surface area contributed by atoms with Gasteiger partial charge in [0.1, 0.15) is 0 Å². The third kappa shape index (κ3) is 3.83. The highest BCUT2D eigenvalue weighted by Gasteiger charge is 2.20. The lowest BCUT2D eigenvalue weighted by Gasteiger charge is -2.27. The van der Waals surface area contributed by atoms with Gasteiger partial charge in [-0.1, -0.05) is 18.2 Å². The van der Waals surface area contributed by atoms with Crippen molar-refractivity contribution in [3.63, 3.8) is 0 Å². The van der Waals surface area contributed by atoms with E-state index in [0.717, 1.165) is 16.5 Å². The van der Waals surface area contributed by atoms with E-state index in [2.05, 4.69) is 4.98 Å². The molecule has 1 atom stereocenters. The fourth-order valence-electron chi connectivity index (χ4n) is 3.43. The van der Waals surface area contributed by atoms with Crippen LogP contribution in [0.25, 0.3) is 21.9 Å². The number of likely N-dealkylation sites (N-methyl/N-ethyl adjacent to an activating group) is 1. The number of benzene rings is 2. The molecule has 1 fully saturated rings. The quantitative estimate of drug-likeness (QED) is 0.758. The van der Waals surface area contributed by atoms with E-state index in [9.17, 15) is 9.59 Å². The van der Waals surface area contributed by atoms with E-state index >= 15 is 0 Å². The lowest BCUT2D eigenvalue weighted by Crippen LogP contribution is -2.40. The van der Waals surface area contributed by atoms with Crippen molar-refractivity contribution in [1.29, 1.82) is 0 Å². The smallest absolute Gasteiger partial charge is 0.255 e. The first-order chi connectivity index (χ1) is 13.6. The Morgan fingerprint density at radius 2 is 1.89 bits per heavy atom. The van der Waals surface area contributed by atoms with Gasteiger partial charge in [0.15, 0.2) is 0 Å². The van der Waals surface area contributed by atoms with Crippen LogP contribution >= 0.6 is 0 Å². The molecule has 6 heteroatoms. The Kier molecular flexibility index (Phi) is 5.23. The molecule has 28 heavy (non-hydrogen) atoms. The van der Waals surface area contributed by atoms with Crippen LogP contribution in [-0.2, 0) is 9.47 Å². The summed E-state index contributed by atoms with van der Waals surface area (Å²) >= 11 is 0.